The summed E-state index contributed by atoms with van der Waals surface area (Å²) in [6.45, 7) is 4.91. The fraction of sp³-hybridized carbons (Fsp3) is 0.571. The number of benzene rings is 1. The molecule has 0 bridgehead atoms. The predicted molar refractivity (Wildman–Crippen MR) is 86.2 cm³/mol. The normalized spacial score (nSPS) is 12.4. The van der Waals surface area contributed by atoms with Gasteiger partial charge in [0.05, 0.1) is 7.11 Å². The molecule has 21 heavy (non-hydrogen) atoms. The average Bonchev–Trinajstić information content (AvgIpc) is 2.43. The Morgan fingerprint density at radius 2 is 1.95 bits per heavy atom. The Hall–Kier alpha value is -0.630. The van der Waals surface area contributed by atoms with Gasteiger partial charge >= 0.3 is 0 Å². The predicted octanol–water partition coefficient (Wildman–Crippen LogP) is 2.80. The number of methoxy groups -OCH3 is 2. The summed E-state index contributed by atoms with van der Waals surface area (Å²) in [4.78, 5) is 0.127. The van der Waals surface area contributed by atoms with Crippen LogP contribution in [-0.4, -0.2) is 35.8 Å². The Kier molecular flexibility index (Phi) is 6.65. The van der Waals surface area contributed by atoms with E-state index in [2.05, 4.69) is 20.7 Å². The molecule has 5 nitrogen and oxygen atoms in total. The van der Waals surface area contributed by atoms with Gasteiger partial charge in [0.25, 0.3) is 0 Å². The van der Waals surface area contributed by atoms with Gasteiger partial charge in [0, 0.05) is 24.7 Å². The van der Waals surface area contributed by atoms with E-state index in [1.165, 1.54) is 13.2 Å². The van der Waals surface area contributed by atoms with Crippen molar-refractivity contribution in [1.82, 2.24) is 4.72 Å². The van der Waals surface area contributed by atoms with Crippen LogP contribution in [0.1, 0.15) is 20.3 Å². The van der Waals surface area contributed by atoms with E-state index in [1.54, 1.807) is 19.2 Å². The first-order chi connectivity index (χ1) is 9.72. The van der Waals surface area contributed by atoms with Crippen molar-refractivity contribution in [3.05, 3.63) is 22.7 Å². The standard InChI is InChI=1S/C14H22BrNO4S/c1-14(2,7-8-19-3)10-16-21(17,18)13-9-11(15)5-6-12(13)20-4/h5-6,9,16H,7-8,10H2,1-4H3. The number of halogens is 1. The molecule has 1 N–H and O–H groups in total. The second-order valence-electron chi connectivity index (χ2n) is 5.53. The fourth-order valence-electron chi connectivity index (χ4n) is 1.70. The van der Waals surface area contributed by atoms with Gasteiger partial charge in [-0.05, 0) is 30.0 Å². The molecular formula is C14H22BrNO4S. The Bertz CT molecular complexity index is 572. The van der Waals surface area contributed by atoms with Crippen LogP contribution in [0.15, 0.2) is 27.6 Å². The molecule has 0 heterocycles. The minimum absolute atomic E-state index is 0.127. The van der Waals surface area contributed by atoms with Gasteiger partial charge in [-0.1, -0.05) is 29.8 Å². The first-order valence-electron chi connectivity index (χ1n) is 6.54. The highest BCUT2D eigenvalue weighted by Crippen LogP contribution is 2.28. The second-order valence-corrected chi connectivity index (χ2v) is 8.18. The number of rotatable bonds is 8. The summed E-state index contributed by atoms with van der Waals surface area (Å²) in [6.07, 6.45) is 0.766. The summed E-state index contributed by atoms with van der Waals surface area (Å²) >= 11 is 3.28. The van der Waals surface area contributed by atoms with E-state index in [4.69, 9.17) is 9.47 Å². The molecule has 0 spiro atoms. The number of hydrogen-bond donors (Lipinski definition) is 1. The van der Waals surface area contributed by atoms with Crippen molar-refractivity contribution < 1.29 is 17.9 Å². The summed E-state index contributed by atoms with van der Waals surface area (Å²) in [5.41, 5.74) is -0.192. The molecule has 0 saturated carbocycles. The maximum Gasteiger partial charge on any atom is 0.244 e. The maximum atomic E-state index is 12.4. The van der Waals surface area contributed by atoms with Crippen LogP contribution in [0.3, 0.4) is 0 Å². The lowest BCUT2D eigenvalue weighted by molar-refractivity contribution is 0.153. The maximum absolute atomic E-state index is 12.4. The van der Waals surface area contributed by atoms with Gasteiger partial charge in [-0.2, -0.15) is 0 Å². The molecule has 1 aromatic rings. The van der Waals surface area contributed by atoms with Crippen molar-refractivity contribution in [2.45, 2.75) is 25.2 Å². The van der Waals surface area contributed by atoms with Crippen molar-refractivity contribution >= 4 is 26.0 Å². The Balaban J connectivity index is 2.90. The molecule has 0 atom stereocenters. The van der Waals surface area contributed by atoms with E-state index >= 15 is 0 Å². The highest BCUT2D eigenvalue weighted by atomic mass is 79.9. The number of hydrogen-bond acceptors (Lipinski definition) is 4. The van der Waals surface area contributed by atoms with E-state index in [9.17, 15) is 8.42 Å². The van der Waals surface area contributed by atoms with E-state index < -0.39 is 10.0 Å². The van der Waals surface area contributed by atoms with E-state index in [0.29, 0.717) is 23.4 Å². The average molecular weight is 380 g/mol. The van der Waals surface area contributed by atoms with Crippen LogP contribution in [0.25, 0.3) is 0 Å². The zero-order valence-corrected chi connectivity index (χ0v) is 15.2. The molecule has 0 saturated heterocycles. The van der Waals surface area contributed by atoms with Crippen LogP contribution in [0.4, 0.5) is 0 Å². The minimum atomic E-state index is -3.63. The molecule has 0 unspecified atom stereocenters. The van der Waals surface area contributed by atoms with Gasteiger partial charge in [0.1, 0.15) is 10.6 Å². The van der Waals surface area contributed by atoms with Crippen LogP contribution in [-0.2, 0) is 14.8 Å². The quantitative estimate of drug-likeness (QED) is 0.753. The molecule has 0 aliphatic heterocycles. The minimum Gasteiger partial charge on any atom is -0.495 e. The summed E-state index contributed by atoms with van der Waals surface area (Å²) in [7, 11) is -0.549. The third kappa shape index (κ3) is 5.58. The van der Waals surface area contributed by atoms with Crippen LogP contribution in [0, 0.1) is 5.41 Å². The van der Waals surface area contributed by atoms with E-state index in [1.807, 2.05) is 13.8 Å². The van der Waals surface area contributed by atoms with Gasteiger partial charge in [0.2, 0.25) is 10.0 Å². The molecule has 0 aromatic heterocycles. The highest BCUT2D eigenvalue weighted by Gasteiger charge is 2.24. The molecule has 0 radical (unpaired) electrons. The van der Waals surface area contributed by atoms with Crippen LogP contribution in [0.2, 0.25) is 0 Å². The molecular weight excluding hydrogens is 358 g/mol. The Labute approximate surface area is 135 Å². The number of sulfonamides is 1. The lowest BCUT2D eigenvalue weighted by atomic mass is 9.90. The van der Waals surface area contributed by atoms with Crippen molar-refractivity contribution in [3.63, 3.8) is 0 Å². The van der Waals surface area contributed by atoms with Crippen molar-refractivity contribution in [2.24, 2.45) is 5.41 Å². The van der Waals surface area contributed by atoms with E-state index in [0.717, 1.165) is 6.42 Å². The van der Waals surface area contributed by atoms with Gasteiger partial charge in [-0.25, -0.2) is 13.1 Å². The fourth-order valence-corrected chi connectivity index (χ4v) is 3.64. The van der Waals surface area contributed by atoms with Gasteiger partial charge < -0.3 is 9.47 Å². The first kappa shape index (κ1) is 18.4. The van der Waals surface area contributed by atoms with Crippen molar-refractivity contribution in [3.8, 4) is 5.75 Å². The lowest BCUT2D eigenvalue weighted by Crippen LogP contribution is -2.34. The molecule has 7 heteroatoms. The summed E-state index contributed by atoms with van der Waals surface area (Å²) in [5, 5.41) is 0. The molecule has 0 aliphatic rings. The molecule has 1 aromatic carbocycles. The van der Waals surface area contributed by atoms with Crippen LogP contribution < -0.4 is 9.46 Å². The zero-order valence-electron chi connectivity index (χ0n) is 12.8. The van der Waals surface area contributed by atoms with Crippen LogP contribution >= 0.6 is 15.9 Å². The van der Waals surface area contributed by atoms with Gasteiger partial charge in [-0.3, -0.25) is 0 Å². The SMILES string of the molecule is COCCC(C)(C)CNS(=O)(=O)c1cc(Br)ccc1OC. The summed E-state index contributed by atoms with van der Waals surface area (Å²) < 4.78 is 38.4. The molecule has 0 fully saturated rings. The molecule has 120 valence electrons. The van der Waals surface area contributed by atoms with Crippen molar-refractivity contribution in [1.29, 1.82) is 0 Å². The molecule has 0 amide bonds. The van der Waals surface area contributed by atoms with Gasteiger partial charge in [0.15, 0.2) is 0 Å². The first-order valence-corrected chi connectivity index (χ1v) is 8.81. The highest BCUT2D eigenvalue weighted by molar-refractivity contribution is 9.10. The summed E-state index contributed by atoms with van der Waals surface area (Å²) in [6, 6.07) is 4.89. The van der Waals surface area contributed by atoms with Gasteiger partial charge in [-0.15, -0.1) is 0 Å². The number of ether oxygens (including phenoxy) is 2. The zero-order chi connectivity index (χ0) is 16.1. The monoisotopic (exact) mass is 379 g/mol. The third-order valence-corrected chi connectivity index (χ3v) is 5.05. The Morgan fingerprint density at radius 3 is 2.52 bits per heavy atom. The number of nitrogens with one attached hydrogen (secondary N) is 1. The third-order valence-electron chi connectivity index (χ3n) is 3.14. The summed E-state index contributed by atoms with van der Waals surface area (Å²) in [5.74, 6) is 0.320. The van der Waals surface area contributed by atoms with Crippen LogP contribution in [0.5, 0.6) is 5.75 Å². The topological polar surface area (TPSA) is 64.6 Å². The Morgan fingerprint density at radius 1 is 1.29 bits per heavy atom. The molecule has 0 aliphatic carbocycles. The largest absolute Gasteiger partial charge is 0.495 e. The van der Waals surface area contributed by atoms with E-state index in [-0.39, 0.29) is 10.3 Å². The molecule has 1 rings (SSSR count). The second kappa shape index (κ2) is 7.58. The van der Waals surface area contributed by atoms with Crippen molar-refractivity contribution in [2.75, 3.05) is 27.4 Å². The lowest BCUT2D eigenvalue weighted by Gasteiger charge is -2.24. The smallest absolute Gasteiger partial charge is 0.244 e.